The van der Waals surface area contributed by atoms with Crippen molar-refractivity contribution in [1.82, 2.24) is 20.2 Å². The predicted molar refractivity (Wildman–Crippen MR) is 69.5 cm³/mol. The third kappa shape index (κ3) is 3.90. The Morgan fingerprint density at radius 1 is 1.37 bits per heavy atom. The van der Waals surface area contributed by atoms with E-state index in [1.807, 2.05) is 0 Å². The van der Waals surface area contributed by atoms with E-state index in [0.717, 1.165) is 0 Å². The molecular formula is C11H14FN5OS. The normalized spacial score (nSPS) is 10.6. The molecule has 0 saturated carbocycles. The van der Waals surface area contributed by atoms with E-state index < -0.39 is 0 Å². The molecule has 1 aromatic heterocycles. The second-order valence-corrected chi connectivity index (χ2v) is 4.66. The Morgan fingerprint density at radius 2 is 2.21 bits per heavy atom. The lowest BCUT2D eigenvalue weighted by molar-refractivity contribution is 0.324. The van der Waals surface area contributed by atoms with Crippen molar-refractivity contribution >= 4 is 11.8 Å². The lowest BCUT2D eigenvalue weighted by atomic mass is 10.3. The van der Waals surface area contributed by atoms with Crippen LogP contribution < -0.4 is 10.5 Å². The number of halogens is 1. The molecule has 0 fully saturated rings. The highest BCUT2D eigenvalue weighted by Gasteiger charge is 2.06. The van der Waals surface area contributed by atoms with Gasteiger partial charge in [-0.25, -0.2) is 9.07 Å². The molecule has 0 atom stereocenters. The summed E-state index contributed by atoms with van der Waals surface area (Å²) in [5.74, 6) is 0.518. The summed E-state index contributed by atoms with van der Waals surface area (Å²) in [4.78, 5) is 0. The van der Waals surface area contributed by atoms with Crippen molar-refractivity contribution in [3.05, 3.63) is 30.1 Å². The predicted octanol–water partition coefficient (Wildman–Crippen LogP) is 0.942. The number of hydrogen-bond donors (Lipinski definition) is 1. The van der Waals surface area contributed by atoms with Crippen LogP contribution in [0.4, 0.5) is 4.39 Å². The van der Waals surface area contributed by atoms with Gasteiger partial charge in [0.25, 0.3) is 0 Å². The maximum atomic E-state index is 13.3. The smallest absolute Gasteiger partial charge is 0.209 e. The highest BCUT2D eigenvalue weighted by molar-refractivity contribution is 7.99. The number of aromatic nitrogens is 4. The van der Waals surface area contributed by atoms with Gasteiger partial charge < -0.3 is 10.5 Å². The van der Waals surface area contributed by atoms with E-state index in [2.05, 4.69) is 15.5 Å². The number of benzene rings is 1. The number of hydrogen-bond acceptors (Lipinski definition) is 6. The maximum Gasteiger partial charge on any atom is 0.209 e. The van der Waals surface area contributed by atoms with Crippen molar-refractivity contribution in [2.45, 2.75) is 11.7 Å². The molecule has 8 heteroatoms. The molecule has 2 aromatic rings. The van der Waals surface area contributed by atoms with Crippen LogP contribution in [0.15, 0.2) is 29.4 Å². The van der Waals surface area contributed by atoms with E-state index in [9.17, 15) is 4.39 Å². The molecule has 19 heavy (non-hydrogen) atoms. The van der Waals surface area contributed by atoms with E-state index in [-0.39, 0.29) is 11.6 Å². The first-order chi connectivity index (χ1) is 9.31. The first-order valence-corrected chi connectivity index (χ1v) is 6.76. The number of rotatable bonds is 7. The lowest BCUT2D eigenvalue weighted by Crippen LogP contribution is -2.12. The minimum absolute atomic E-state index is 0.254. The van der Waals surface area contributed by atoms with Gasteiger partial charge in [0.1, 0.15) is 0 Å². The van der Waals surface area contributed by atoms with Crippen LogP contribution in [0.2, 0.25) is 0 Å². The van der Waals surface area contributed by atoms with Crippen LogP contribution in [-0.2, 0) is 6.54 Å². The fraction of sp³-hybridized carbons (Fsp3) is 0.364. The van der Waals surface area contributed by atoms with Crippen LogP contribution in [0.3, 0.4) is 0 Å². The zero-order valence-corrected chi connectivity index (χ0v) is 11.0. The lowest BCUT2D eigenvalue weighted by Gasteiger charge is -2.06. The van der Waals surface area contributed by atoms with Crippen molar-refractivity contribution in [2.75, 3.05) is 18.9 Å². The van der Waals surface area contributed by atoms with Gasteiger partial charge in [-0.05, 0) is 22.6 Å². The molecule has 0 aliphatic carbocycles. The van der Waals surface area contributed by atoms with Crippen molar-refractivity contribution in [3.63, 3.8) is 0 Å². The topological polar surface area (TPSA) is 78.9 Å². The third-order valence-electron chi connectivity index (χ3n) is 2.25. The Kier molecular flexibility index (Phi) is 5.10. The van der Waals surface area contributed by atoms with Gasteiger partial charge in [-0.2, -0.15) is 0 Å². The average molecular weight is 283 g/mol. The molecule has 0 saturated heterocycles. The number of nitrogens with two attached hydrogens (primary N) is 1. The summed E-state index contributed by atoms with van der Waals surface area (Å²) in [6.07, 6.45) is 0. The van der Waals surface area contributed by atoms with Gasteiger partial charge in [-0.15, -0.1) is 5.10 Å². The van der Waals surface area contributed by atoms with Gasteiger partial charge in [-0.1, -0.05) is 23.9 Å². The molecule has 6 nitrogen and oxygen atoms in total. The second kappa shape index (κ2) is 7.05. The minimum atomic E-state index is -0.361. The SMILES string of the molecule is NCCn1nnnc1SCCOc1ccccc1F. The molecule has 102 valence electrons. The van der Waals surface area contributed by atoms with Crippen LogP contribution in [-0.4, -0.2) is 39.1 Å². The number of thioether (sulfide) groups is 1. The van der Waals surface area contributed by atoms with Gasteiger partial charge in [0.05, 0.1) is 13.2 Å². The van der Waals surface area contributed by atoms with Crippen LogP contribution in [0.5, 0.6) is 5.75 Å². The molecule has 0 unspecified atom stereocenters. The van der Waals surface area contributed by atoms with Crippen molar-refractivity contribution in [3.8, 4) is 5.75 Å². The highest BCUT2D eigenvalue weighted by Crippen LogP contribution is 2.17. The zero-order valence-electron chi connectivity index (χ0n) is 10.2. The summed E-state index contributed by atoms with van der Waals surface area (Å²) in [5, 5.41) is 11.9. The molecular weight excluding hydrogens is 269 g/mol. The fourth-order valence-corrected chi connectivity index (χ4v) is 2.13. The van der Waals surface area contributed by atoms with Crippen LogP contribution in [0.1, 0.15) is 0 Å². The second-order valence-electron chi connectivity index (χ2n) is 3.60. The standard InChI is InChI=1S/C11H14FN5OS/c12-9-3-1-2-4-10(9)18-7-8-19-11-14-15-16-17(11)6-5-13/h1-4H,5-8,13H2. The quantitative estimate of drug-likeness (QED) is 0.602. The van der Waals surface area contributed by atoms with E-state index in [4.69, 9.17) is 10.5 Å². The zero-order chi connectivity index (χ0) is 13.5. The Hall–Kier alpha value is -1.67. The molecule has 2 N–H and O–H groups in total. The van der Waals surface area contributed by atoms with Crippen LogP contribution >= 0.6 is 11.8 Å². The molecule has 1 heterocycles. The van der Waals surface area contributed by atoms with E-state index in [1.165, 1.54) is 17.8 Å². The first kappa shape index (κ1) is 13.8. The summed E-state index contributed by atoms with van der Waals surface area (Å²) >= 11 is 1.44. The third-order valence-corrected chi connectivity index (χ3v) is 3.17. The van der Waals surface area contributed by atoms with E-state index in [1.54, 1.807) is 22.9 Å². The molecule has 0 spiro atoms. The molecule has 0 aliphatic heterocycles. The van der Waals surface area contributed by atoms with Gasteiger partial charge in [-0.3, -0.25) is 0 Å². The summed E-state index contributed by atoms with van der Waals surface area (Å²) in [6, 6.07) is 6.31. The summed E-state index contributed by atoms with van der Waals surface area (Å²) in [6.45, 7) is 1.43. The van der Waals surface area contributed by atoms with Crippen LogP contribution in [0, 0.1) is 5.82 Å². The Labute approximate surface area is 114 Å². The van der Waals surface area contributed by atoms with Crippen molar-refractivity contribution in [2.24, 2.45) is 5.73 Å². The van der Waals surface area contributed by atoms with Gasteiger partial charge in [0, 0.05) is 12.3 Å². The fourth-order valence-electron chi connectivity index (χ4n) is 1.41. The molecule has 0 aliphatic rings. The largest absolute Gasteiger partial charge is 0.490 e. The number of ether oxygens (including phenoxy) is 1. The van der Waals surface area contributed by atoms with Gasteiger partial charge in [0.15, 0.2) is 11.6 Å². The van der Waals surface area contributed by atoms with E-state index in [0.29, 0.717) is 30.6 Å². The highest BCUT2D eigenvalue weighted by atomic mass is 32.2. The number of para-hydroxylation sites is 1. The van der Waals surface area contributed by atoms with Gasteiger partial charge >= 0.3 is 0 Å². The van der Waals surface area contributed by atoms with E-state index >= 15 is 0 Å². The average Bonchev–Trinajstić information content (AvgIpc) is 2.85. The Bertz CT molecular complexity index is 521. The minimum Gasteiger partial charge on any atom is -0.490 e. The summed E-state index contributed by atoms with van der Waals surface area (Å²) in [7, 11) is 0. The molecule has 1 aromatic carbocycles. The van der Waals surface area contributed by atoms with Crippen molar-refractivity contribution in [1.29, 1.82) is 0 Å². The number of nitrogens with zero attached hydrogens (tertiary/aromatic N) is 4. The molecule has 0 bridgehead atoms. The van der Waals surface area contributed by atoms with Crippen LogP contribution in [0.25, 0.3) is 0 Å². The monoisotopic (exact) mass is 283 g/mol. The number of tetrazole rings is 1. The Balaban J connectivity index is 1.78. The van der Waals surface area contributed by atoms with Gasteiger partial charge in [0.2, 0.25) is 5.16 Å². The molecule has 0 radical (unpaired) electrons. The summed E-state index contributed by atoms with van der Waals surface area (Å²) < 4.78 is 20.2. The first-order valence-electron chi connectivity index (χ1n) is 5.77. The molecule has 2 rings (SSSR count). The maximum absolute atomic E-state index is 13.3. The Morgan fingerprint density at radius 3 is 3.00 bits per heavy atom. The molecule has 0 amide bonds. The van der Waals surface area contributed by atoms with Crippen molar-refractivity contribution < 1.29 is 9.13 Å². The summed E-state index contributed by atoms with van der Waals surface area (Å²) in [5.41, 5.74) is 5.44.